The first-order chi connectivity index (χ1) is 10.6. The first-order valence-electron chi connectivity index (χ1n) is 6.99. The van der Waals surface area contributed by atoms with Gasteiger partial charge in [0.15, 0.2) is 0 Å². The minimum absolute atomic E-state index is 0.0392. The number of hydrogen-bond acceptors (Lipinski definition) is 4. The zero-order valence-electron chi connectivity index (χ0n) is 13.3. The maximum absolute atomic E-state index is 12.6. The molecule has 0 aliphatic carbocycles. The second kappa shape index (κ2) is 6.78. The minimum atomic E-state index is -0.584. The normalized spacial score (nSPS) is 23.0. The van der Waals surface area contributed by atoms with Crippen molar-refractivity contribution in [3.8, 4) is 12.3 Å². The fraction of sp³-hybridized carbons (Fsp3) is 0.438. The summed E-state index contributed by atoms with van der Waals surface area (Å²) in [5, 5.41) is 2.25. The van der Waals surface area contributed by atoms with E-state index >= 15 is 0 Å². The van der Waals surface area contributed by atoms with E-state index < -0.39 is 4.20 Å². The van der Waals surface area contributed by atoms with E-state index in [9.17, 15) is 4.79 Å². The molecule has 1 aromatic carbocycles. The number of nitrogens with zero attached hydrogens (tertiary/aromatic N) is 1. The number of carbonyl (C=O) groups excluding carboxylic acids is 1. The van der Waals surface area contributed by atoms with Gasteiger partial charge in [0.25, 0.3) is 0 Å². The Morgan fingerprint density at radius 2 is 2.09 bits per heavy atom. The van der Waals surface area contributed by atoms with E-state index in [1.165, 1.54) is 16.8 Å². The predicted molar refractivity (Wildman–Crippen MR) is 103 cm³/mol. The fourth-order valence-corrected chi connectivity index (χ4v) is 5.36. The molecule has 23 heavy (non-hydrogen) atoms. The topological polar surface area (TPSA) is 32.3 Å². The minimum Gasteiger partial charge on any atom is -0.260 e. The number of hydrazine groups is 1. The van der Waals surface area contributed by atoms with Crippen molar-refractivity contribution in [3.05, 3.63) is 28.2 Å². The standard InChI is InChI=1S/C16H18Cl2N2OS2/c1-6-10(2)22-16(15(3,4)5)19-20(14(21)23-16)13-8-7-11(17)9-12(13)18/h1,7-10,19H,2-5H3. The SMILES string of the molecule is C#CC(C)SC1(C(C)(C)C)NN(c2ccc(Cl)cc2Cl)C(=O)S1. The molecule has 2 unspecified atom stereocenters. The van der Waals surface area contributed by atoms with Crippen molar-refractivity contribution < 1.29 is 4.79 Å². The number of nitrogens with one attached hydrogen (secondary N) is 1. The molecule has 1 fully saturated rings. The average molecular weight is 389 g/mol. The zero-order chi connectivity index (χ0) is 17.4. The molecule has 0 aromatic heterocycles. The summed E-state index contributed by atoms with van der Waals surface area (Å²) in [5.41, 5.74) is 3.67. The first kappa shape index (κ1) is 18.8. The molecule has 0 saturated carbocycles. The molecule has 2 atom stereocenters. The van der Waals surface area contributed by atoms with E-state index in [2.05, 4.69) is 32.1 Å². The number of terminal acetylenes is 1. The van der Waals surface area contributed by atoms with Crippen molar-refractivity contribution in [2.45, 2.75) is 37.1 Å². The Morgan fingerprint density at radius 3 is 2.61 bits per heavy atom. The summed E-state index contributed by atoms with van der Waals surface area (Å²) in [4.78, 5) is 12.6. The van der Waals surface area contributed by atoms with Crippen molar-refractivity contribution in [2.24, 2.45) is 5.41 Å². The highest BCUT2D eigenvalue weighted by atomic mass is 35.5. The highest BCUT2D eigenvalue weighted by Crippen LogP contribution is 2.54. The van der Waals surface area contributed by atoms with Crippen LogP contribution in [0.5, 0.6) is 0 Å². The molecule has 3 nitrogen and oxygen atoms in total. The predicted octanol–water partition coefficient (Wildman–Crippen LogP) is 5.63. The van der Waals surface area contributed by atoms with Crippen molar-refractivity contribution in [1.82, 2.24) is 5.43 Å². The number of carbonyl (C=O) groups is 1. The van der Waals surface area contributed by atoms with Gasteiger partial charge in [-0.1, -0.05) is 49.9 Å². The second-order valence-electron chi connectivity index (χ2n) is 6.20. The van der Waals surface area contributed by atoms with Gasteiger partial charge in [0.2, 0.25) is 0 Å². The Balaban J connectivity index is 2.40. The molecule has 124 valence electrons. The van der Waals surface area contributed by atoms with Crippen LogP contribution in [-0.4, -0.2) is 14.7 Å². The molecular weight excluding hydrogens is 371 g/mol. The van der Waals surface area contributed by atoms with Gasteiger partial charge in [-0.15, -0.1) is 18.2 Å². The lowest BCUT2D eigenvalue weighted by Gasteiger charge is -2.40. The van der Waals surface area contributed by atoms with Crippen LogP contribution in [0, 0.1) is 17.8 Å². The highest BCUT2D eigenvalue weighted by molar-refractivity contribution is 8.26. The van der Waals surface area contributed by atoms with Crippen LogP contribution < -0.4 is 10.4 Å². The number of hydrogen-bond donors (Lipinski definition) is 1. The Kier molecular flexibility index (Phi) is 5.55. The summed E-state index contributed by atoms with van der Waals surface area (Å²) in [6, 6.07) is 5.05. The number of benzene rings is 1. The average Bonchev–Trinajstić information content (AvgIpc) is 2.76. The zero-order valence-corrected chi connectivity index (χ0v) is 16.5. The summed E-state index contributed by atoms with van der Waals surface area (Å²) >= 11 is 15.0. The van der Waals surface area contributed by atoms with Gasteiger partial charge in [0.05, 0.1) is 16.0 Å². The van der Waals surface area contributed by atoms with Crippen LogP contribution in [0.15, 0.2) is 18.2 Å². The summed E-state index contributed by atoms with van der Waals surface area (Å²) in [5.74, 6) is 2.71. The summed E-state index contributed by atoms with van der Waals surface area (Å²) < 4.78 is -0.584. The van der Waals surface area contributed by atoms with Gasteiger partial charge < -0.3 is 0 Å². The first-order valence-corrected chi connectivity index (χ1v) is 9.45. The van der Waals surface area contributed by atoms with E-state index in [1.807, 2.05) is 6.92 Å². The third-order valence-corrected chi connectivity index (χ3v) is 7.34. The van der Waals surface area contributed by atoms with Crippen molar-refractivity contribution >= 4 is 57.7 Å². The van der Waals surface area contributed by atoms with Gasteiger partial charge in [0.1, 0.15) is 4.20 Å². The molecule has 0 bridgehead atoms. The number of anilines is 1. The van der Waals surface area contributed by atoms with Gasteiger partial charge in [-0.3, -0.25) is 4.79 Å². The Bertz CT molecular complexity index is 669. The van der Waals surface area contributed by atoms with Crippen LogP contribution in [-0.2, 0) is 0 Å². The Hall–Kier alpha value is -0.510. The highest BCUT2D eigenvalue weighted by Gasteiger charge is 2.53. The van der Waals surface area contributed by atoms with Gasteiger partial charge in [-0.25, -0.2) is 5.01 Å². The van der Waals surface area contributed by atoms with Crippen LogP contribution in [0.25, 0.3) is 0 Å². The van der Waals surface area contributed by atoms with Crippen LogP contribution >= 0.6 is 46.7 Å². The molecule has 0 spiro atoms. The van der Waals surface area contributed by atoms with Crippen LogP contribution in [0.2, 0.25) is 10.0 Å². The third-order valence-electron chi connectivity index (χ3n) is 3.39. The Morgan fingerprint density at radius 1 is 1.43 bits per heavy atom. The van der Waals surface area contributed by atoms with Gasteiger partial charge in [-0.2, -0.15) is 5.43 Å². The van der Waals surface area contributed by atoms with Crippen molar-refractivity contribution in [1.29, 1.82) is 0 Å². The van der Waals surface area contributed by atoms with E-state index in [0.717, 1.165) is 0 Å². The smallest absolute Gasteiger partial charge is 0.260 e. The molecule has 2 rings (SSSR count). The van der Waals surface area contributed by atoms with E-state index in [-0.39, 0.29) is 15.9 Å². The number of halogens is 2. The number of amides is 1. The molecule has 1 amide bonds. The summed E-state index contributed by atoms with van der Waals surface area (Å²) in [7, 11) is 0. The lowest BCUT2D eigenvalue weighted by molar-refractivity contribution is 0.262. The van der Waals surface area contributed by atoms with E-state index in [0.29, 0.717) is 15.7 Å². The number of rotatable bonds is 3. The molecule has 1 aromatic rings. The molecule has 1 aliphatic heterocycles. The molecule has 7 heteroatoms. The van der Waals surface area contributed by atoms with Gasteiger partial charge in [0, 0.05) is 10.4 Å². The second-order valence-corrected chi connectivity index (χ2v) is 10.0. The lowest BCUT2D eigenvalue weighted by Crippen LogP contribution is -2.51. The molecule has 1 N–H and O–H groups in total. The van der Waals surface area contributed by atoms with Crippen LogP contribution in [0.4, 0.5) is 10.5 Å². The summed E-state index contributed by atoms with van der Waals surface area (Å²) in [6.45, 7) is 8.17. The number of thioether (sulfide) groups is 2. The Labute approximate surface area is 155 Å². The maximum atomic E-state index is 12.6. The quantitative estimate of drug-likeness (QED) is 0.680. The molecule has 1 aliphatic rings. The van der Waals surface area contributed by atoms with Crippen molar-refractivity contribution in [3.63, 3.8) is 0 Å². The molecular formula is C16H18Cl2N2OS2. The van der Waals surface area contributed by atoms with Crippen LogP contribution in [0.1, 0.15) is 27.7 Å². The molecule has 1 saturated heterocycles. The fourth-order valence-electron chi connectivity index (χ4n) is 2.04. The lowest BCUT2D eigenvalue weighted by atomic mass is 9.96. The van der Waals surface area contributed by atoms with E-state index in [4.69, 9.17) is 29.6 Å². The van der Waals surface area contributed by atoms with E-state index in [1.54, 1.807) is 30.0 Å². The van der Waals surface area contributed by atoms with Gasteiger partial charge >= 0.3 is 5.24 Å². The van der Waals surface area contributed by atoms with Gasteiger partial charge in [-0.05, 0) is 36.9 Å². The van der Waals surface area contributed by atoms with Crippen molar-refractivity contribution in [2.75, 3.05) is 5.01 Å². The summed E-state index contributed by atoms with van der Waals surface area (Å²) in [6.07, 6.45) is 5.53. The largest absolute Gasteiger partial charge is 0.303 e. The monoisotopic (exact) mass is 388 g/mol. The molecule has 1 heterocycles. The maximum Gasteiger partial charge on any atom is 0.303 e. The third kappa shape index (κ3) is 3.78. The van der Waals surface area contributed by atoms with Crippen LogP contribution in [0.3, 0.4) is 0 Å². The molecule has 0 radical (unpaired) electrons.